The zero-order valence-electron chi connectivity index (χ0n) is 13.6. The Hall–Kier alpha value is -2.96. The van der Waals surface area contributed by atoms with Crippen LogP contribution < -0.4 is 14.8 Å². The van der Waals surface area contributed by atoms with Crippen LogP contribution in [0.4, 0.5) is 18.9 Å². The highest BCUT2D eigenvalue weighted by Gasteiger charge is 2.32. The van der Waals surface area contributed by atoms with E-state index in [4.69, 9.17) is 4.74 Å². The van der Waals surface area contributed by atoms with E-state index in [1.165, 1.54) is 37.5 Å². The number of para-hydroxylation sites is 2. The monoisotopic (exact) mass is 351 g/mol. The van der Waals surface area contributed by atoms with Gasteiger partial charge in [0.15, 0.2) is 5.75 Å². The highest BCUT2D eigenvalue weighted by Crippen LogP contribution is 2.30. The molecule has 25 heavy (non-hydrogen) atoms. The molecule has 2 rings (SSSR count). The van der Waals surface area contributed by atoms with Gasteiger partial charge in [-0.2, -0.15) is 0 Å². The minimum atomic E-state index is -4.84. The largest absolute Gasteiger partial charge is 0.573 e. The minimum Gasteiger partial charge on any atom is -0.496 e. The highest BCUT2D eigenvalue weighted by atomic mass is 19.4. The fraction of sp³-hybridized carbons (Fsp3) is 0.167. The van der Waals surface area contributed by atoms with Gasteiger partial charge in [-0.3, -0.25) is 4.79 Å². The van der Waals surface area contributed by atoms with Crippen molar-refractivity contribution in [2.75, 3.05) is 12.4 Å². The van der Waals surface area contributed by atoms with Crippen molar-refractivity contribution in [1.82, 2.24) is 0 Å². The summed E-state index contributed by atoms with van der Waals surface area (Å²) in [6.45, 7) is 1.89. The molecule has 2 aromatic rings. The minimum absolute atomic E-state index is 0.0781. The van der Waals surface area contributed by atoms with Gasteiger partial charge in [0.05, 0.1) is 12.8 Å². The summed E-state index contributed by atoms with van der Waals surface area (Å²) in [5.74, 6) is -0.498. The van der Waals surface area contributed by atoms with E-state index in [2.05, 4.69) is 10.1 Å². The van der Waals surface area contributed by atoms with Crippen LogP contribution in [-0.4, -0.2) is 19.4 Å². The second-order valence-electron chi connectivity index (χ2n) is 5.11. The van der Waals surface area contributed by atoms with Crippen LogP contribution in [0.2, 0.25) is 0 Å². The molecule has 0 aliphatic heterocycles. The van der Waals surface area contributed by atoms with Crippen LogP contribution in [0.25, 0.3) is 6.08 Å². The Morgan fingerprint density at radius 1 is 1.12 bits per heavy atom. The third-order valence-corrected chi connectivity index (χ3v) is 3.17. The molecule has 132 valence electrons. The molecule has 4 nitrogen and oxygen atoms in total. The fourth-order valence-corrected chi connectivity index (χ4v) is 2.11. The van der Waals surface area contributed by atoms with Gasteiger partial charge in [-0.05, 0) is 37.3 Å². The van der Waals surface area contributed by atoms with Crippen LogP contribution in [0.1, 0.15) is 11.1 Å². The lowest BCUT2D eigenvalue weighted by atomic mass is 10.1. The van der Waals surface area contributed by atoms with Crippen molar-refractivity contribution in [2.45, 2.75) is 13.3 Å². The summed E-state index contributed by atoms with van der Waals surface area (Å²) in [5.41, 5.74) is 1.58. The number of methoxy groups -OCH3 is 1. The van der Waals surface area contributed by atoms with Crippen molar-refractivity contribution in [2.24, 2.45) is 0 Å². The van der Waals surface area contributed by atoms with Crippen LogP contribution in [0.15, 0.2) is 48.5 Å². The van der Waals surface area contributed by atoms with Crippen molar-refractivity contribution >= 4 is 17.7 Å². The van der Waals surface area contributed by atoms with E-state index >= 15 is 0 Å². The van der Waals surface area contributed by atoms with Gasteiger partial charge in [0.1, 0.15) is 5.75 Å². The Labute approximate surface area is 142 Å². The first-order valence-corrected chi connectivity index (χ1v) is 7.27. The van der Waals surface area contributed by atoms with Crippen LogP contribution >= 0.6 is 0 Å². The molecule has 0 radical (unpaired) electrons. The first kappa shape index (κ1) is 18.4. The standard InChI is InChI=1S/C18H16F3NO3/c1-12-7-9-15(24-2)13(11-12)8-10-17(23)22-14-5-3-4-6-16(14)25-18(19,20)21/h3-11H,1-2H3,(H,22,23)/b10-8+. The van der Waals surface area contributed by atoms with E-state index in [1.807, 2.05) is 19.1 Å². The molecule has 0 saturated heterocycles. The summed E-state index contributed by atoms with van der Waals surface area (Å²) in [7, 11) is 1.51. The van der Waals surface area contributed by atoms with Crippen molar-refractivity contribution in [3.63, 3.8) is 0 Å². The second-order valence-corrected chi connectivity index (χ2v) is 5.11. The molecule has 0 aliphatic carbocycles. The number of hydrogen-bond donors (Lipinski definition) is 1. The Morgan fingerprint density at radius 3 is 2.52 bits per heavy atom. The summed E-state index contributed by atoms with van der Waals surface area (Å²) in [6, 6.07) is 10.8. The van der Waals surface area contributed by atoms with Gasteiger partial charge in [-0.15, -0.1) is 13.2 Å². The van der Waals surface area contributed by atoms with Crippen LogP contribution in [-0.2, 0) is 4.79 Å². The topological polar surface area (TPSA) is 47.6 Å². The molecule has 0 bridgehead atoms. The van der Waals surface area contributed by atoms with Crippen LogP contribution in [0, 0.1) is 6.92 Å². The van der Waals surface area contributed by atoms with Crippen molar-refractivity contribution < 1.29 is 27.4 Å². The first-order chi connectivity index (χ1) is 11.8. The van der Waals surface area contributed by atoms with Crippen molar-refractivity contribution in [3.8, 4) is 11.5 Å². The third-order valence-electron chi connectivity index (χ3n) is 3.17. The average Bonchev–Trinajstić information content (AvgIpc) is 2.53. The molecule has 0 heterocycles. The number of halogens is 3. The molecule has 0 atom stereocenters. The number of hydrogen-bond acceptors (Lipinski definition) is 3. The Bertz CT molecular complexity index is 785. The van der Waals surface area contributed by atoms with Crippen molar-refractivity contribution in [1.29, 1.82) is 0 Å². The van der Waals surface area contributed by atoms with Gasteiger partial charge >= 0.3 is 6.36 Å². The van der Waals surface area contributed by atoms with Gasteiger partial charge in [-0.25, -0.2) is 0 Å². The molecule has 7 heteroatoms. The lowest BCUT2D eigenvalue weighted by molar-refractivity contribution is -0.274. The molecule has 0 aliphatic rings. The predicted molar refractivity (Wildman–Crippen MR) is 88.5 cm³/mol. The first-order valence-electron chi connectivity index (χ1n) is 7.27. The number of amides is 1. The summed E-state index contributed by atoms with van der Waals surface area (Å²) in [4.78, 5) is 12.0. The van der Waals surface area contributed by atoms with Gasteiger partial charge in [-0.1, -0.05) is 23.8 Å². The van der Waals surface area contributed by atoms with Gasteiger partial charge in [0.25, 0.3) is 0 Å². The zero-order valence-corrected chi connectivity index (χ0v) is 13.6. The summed E-state index contributed by atoms with van der Waals surface area (Å²) >= 11 is 0. The summed E-state index contributed by atoms with van der Waals surface area (Å²) in [6.07, 6.45) is -2.11. The molecule has 2 aromatic carbocycles. The van der Waals surface area contributed by atoms with Crippen molar-refractivity contribution in [3.05, 3.63) is 59.7 Å². The van der Waals surface area contributed by atoms with Gasteiger partial charge < -0.3 is 14.8 Å². The van der Waals surface area contributed by atoms with E-state index < -0.39 is 18.0 Å². The van der Waals surface area contributed by atoms with Gasteiger partial charge in [0.2, 0.25) is 5.91 Å². The third kappa shape index (κ3) is 5.56. The quantitative estimate of drug-likeness (QED) is 0.804. The Morgan fingerprint density at radius 2 is 1.84 bits per heavy atom. The van der Waals surface area contributed by atoms with E-state index in [0.29, 0.717) is 11.3 Å². The maximum Gasteiger partial charge on any atom is 0.573 e. The Balaban J connectivity index is 2.15. The molecule has 1 amide bonds. The molecular weight excluding hydrogens is 335 g/mol. The molecule has 0 aromatic heterocycles. The number of carbonyl (C=O) groups is 1. The van der Waals surface area contributed by atoms with Crippen LogP contribution in [0.3, 0.4) is 0 Å². The second kappa shape index (κ2) is 7.74. The maximum atomic E-state index is 12.4. The van der Waals surface area contributed by atoms with E-state index in [9.17, 15) is 18.0 Å². The maximum absolute atomic E-state index is 12.4. The Kier molecular flexibility index (Phi) is 5.69. The number of carbonyl (C=O) groups excluding carboxylic acids is 1. The zero-order chi connectivity index (χ0) is 18.4. The molecule has 0 spiro atoms. The molecule has 0 unspecified atom stereocenters. The molecular formula is C18H16F3NO3. The normalized spacial score (nSPS) is 11.4. The number of alkyl halides is 3. The number of benzene rings is 2. The summed E-state index contributed by atoms with van der Waals surface area (Å²) in [5, 5.41) is 2.36. The molecule has 1 N–H and O–H groups in total. The lowest BCUT2D eigenvalue weighted by Gasteiger charge is -2.13. The van der Waals surface area contributed by atoms with Crippen LogP contribution in [0.5, 0.6) is 11.5 Å². The molecule has 0 saturated carbocycles. The lowest BCUT2D eigenvalue weighted by Crippen LogP contribution is -2.19. The van der Waals surface area contributed by atoms with E-state index in [-0.39, 0.29) is 5.69 Å². The number of ether oxygens (including phenoxy) is 2. The number of anilines is 1. The highest BCUT2D eigenvalue weighted by molar-refractivity contribution is 6.02. The smallest absolute Gasteiger partial charge is 0.496 e. The van der Waals surface area contributed by atoms with E-state index in [1.54, 1.807) is 6.07 Å². The number of aryl methyl sites for hydroxylation is 1. The number of rotatable bonds is 5. The molecule has 0 fully saturated rings. The van der Waals surface area contributed by atoms with Gasteiger partial charge in [0, 0.05) is 11.6 Å². The average molecular weight is 351 g/mol. The number of nitrogens with one attached hydrogen (secondary N) is 1. The predicted octanol–water partition coefficient (Wildman–Crippen LogP) is 4.55. The SMILES string of the molecule is COc1ccc(C)cc1/C=C/C(=O)Nc1ccccc1OC(F)(F)F. The summed E-state index contributed by atoms with van der Waals surface area (Å²) < 4.78 is 46.2. The van der Waals surface area contributed by atoms with E-state index in [0.717, 1.165) is 11.6 Å². The fourth-order valence-electron chi connectivity index (χ4n) is 2.11.